The van der Waals surface area contributed by atoms with Gasteiger partial charge in [-0.1, -0.05) is 12.8 Å². The Morgan fingerprint density at radius 3 is 2.46 bits per heavy atom. The Kier molecular flexibility index (Phi) is 6.50. The number of carbonyl (C=O) groups excluding carboxylic acids is 2. The van der Waals surface area contributed by atoms with Gasteiger partial charge in [0.05, 0.1) is 19.8 Å². The monoisotopic (exact) mass is 359 g/mol. The summed E-state index contributed by atoms with van der Waals surface area (Å²) in [5, 5.41) is 2.88. The molecule has 0 unspecified atom stereocenters. The molecule has 142 valence electrons. The van der Waals surface area contributed by atoms with Crippen molar-refractivity contribution in [2.75, 3.05) is 50.1 Å². The van der Waals surface area contributed by atoms with E-state index in [4.69, 9.17) is 4.74 Å². The van der Waals surface area contributed by atoms with Crippen LogP contribution in [0.25, 0.3) is 0 Å². The zero-order valence-corrected chi connectivity index (χ0v) is 15.6. The molecular formula is C20H29N3O3. The number of morpholine rings is 1. The van der Waals surface area contributed by atoms with Gasteiger partial charge in [-0.25, -0.2) is 0 Å². The van der Waals surface area contributed by atoms with E-state index in [1.165, 1.54) is 17.7 Å². The van der Waals surface area contributed by atoms with Crippen LogP contribution in [0.2, 0.25) is 0 Å². The zero-order valence-electron chi connectivity index (χ0n) is 15.6. The third-order valence-electron chi connectivity index (χ3n) is 5.27. The van der Waals surface area contributed by atoms with E-state index in [1.807, 2.05) is 24.3 Å². The molecule has 1 N–H and O–H groups in total. The summed E-state index contributed by atoms with van der Waals surface area (Å²) in [6.45, 7) is 3.37. The van der Waals surface area contributed by atoms with Crippen molar-refractivity contribution in [3.8, 4) is 0 Å². The Hall–Kier alpha value is -2.08. The van der Waals surface area contributed by atoms with E-state index in [0.29, 0.717) is 12.3 Å². The summed E-state index contributed by atoms with van der Waals surface area (Å²) in [7, 11) is 1.71. The lowest BCUT2D eigenvalue weighted by Crippen LogP contribution is -2.36. The number of ether oxygens (including phenoxy) is 1. The second-order valence-corrected chi connectivity index (χ2v) is 7.30. The van der Waals surface area contributed by atoms with Crippen LogP contribution in [0.5, 0.6) is 0 Å². The summed E-state index contributed by atoms with van der Waals surface area (Å²) in [5.41, 5.74) is 1.89. The molecule has 1 aliphatic heterocycles. The van der Waals surface area contributed by atoms with Gasteiger partial charge >= 0.3 is 0 Å². The zero-order chi connectivity index (χ0) is 18.4. The van der Waals surface area contributed by atoms with Crippen LogP contribution in [-0.2, 0) is 14.3 Å². The largest absolute Gasteiger partial charge is 0.378 e. The van der Waals surface area contributed by atoms with Crippen LogP contribution in [0, 0.1) is 5.92 Å². The molecule has 0 spiro atoms. The summed E-state index contributed by atoms with van der Waals surface area (Å²) < 4.78 is 5.36. The SMILES string of the molecule is CN(CC(=O)Nc1ccc(N2CCOCC2)cc1)C(=O)CC1CCCC1. The maximum absolute atomic E-state index is 12.2. The molecule has 1 aromatic carbocycles. The highest BCUT2D eigenvalue weighted by atomic mass is 16.5. The number of carbonyl (C=O) groups is 2. The number of likely N-dealkylation sites (N-methyl/N-ethyl adjacent to an activating group) is 1. The average Bonchev–Trinajstić information content (AvgIpc) is 3.16. The Labute approximate surface area is 155 Å². The first-order chi connectivity index (χ1) is 12.6. The quantitative estimate of drug-likeness (QED) is 0.848. The Balaban J connectivity index is 1.45. The number of nitrogens with zero attached hydrogens (tertiary/aromatic N) is 2. The maximum atomic E-state index is 12.2. The van der Waals surface area contributed by atoms with E-state index >= 15 is 0 Å². The van der Waals surface area contributed by atoms with E-state index in [-0.39, 0.29) is 18.4 Å². The molecule has 2 aliphatic rings. The summed E-state index contributed by atoms with van der Waals surface area (Å²) in [6.07, 6.45) is 5.30. The highest BCUT2D eigenvalue weighted by molar-refractivity contribution is 5.94. The van der Waals surface area contributed by atoms with Crippen LogP contribution in [0.3, 0.4) is 0 Å². The molecule has 0 radical (unpaired) electrons. The van der Waals surface area contributed by atoms with Crippen molar-refractivity contribution in [3.63, 3.8) is 0 Å². The van der Waals surface area contributed by atoms with E-state index in [2.05, 4.69) is 10.2 Å². The molecule has 26 heavy (non-hydrogen) atoms. The Bertz CT molecular complexity index is 605. The van der Waals surface area contributed by atoms with Gasteiger partial charge in [-0.15, -0.1) is 0 Å². The molecule has 1 saturated carbocycles. The summed E-state index contributed by atoms with van der Waals surface area (Å²) in [5.74, 6) is 0.404. The number of hydrogen-bond acceptors (Lipinski definition) is 4. The summed E-state index contributed by atoms with van der Waals surface area (Å²) in [4.78, 5) is 28.3. The van der Waals surface area contributed by atoms with Gasteiger partial charge < -0.3 is 19.9 Å². The van der Waals surface area contributed by atoms with Crippen molar-refractivity contribution in [3.05, 3.63) is 24.3 Å². The lowest BCUT2D eigenvalue weighted by atomic mass is 10.0. The van der Waals surface area contributed by atoms with Crippen LogP contribution in [0.1, 0.15) is 32.1 Å². The van der Waals surface area contributed by atoms with Crippen LogP contribution in [0.15, 0.2) is 24.3 Å². The smallest absolute Gasteiger partial charge is 0.243 e. The van der Waals surface area contributed by atoms with Gasteiger partial charge in [-0.3, -0.25) is 9.59 Å². The molecule has 1 aliphatic carbocycles. The van der Waals surface area contributed by atoms with Gasteiger partial charge in [0.25, 0.3) is 0 Å². The molecule has 2 amide bonds. The minimum absolute atomic E-state index is 0.0646. The fourth-order valence-corrected chi connectivity index (χ4v) is 3.70. The Morgan fingerprint density at radius 2 is 1.81 bits per heavy atom. The molecule has 6 nitrogen and oxygen atoms in total. The molecule has 0 aromatic heterocycles. The fraction of sp³-hybridized carbons (Fsp3) is 0.600. The van der Waals surface area contributed by atoms with Crippen molar-refractivity contribution in [1.29, 1.82) is 0 Å². The second-order valence-electron chi connectivity index (χ2n) is 7.30. The average molecular weight is 359 g/mol. The Morgan fingerprint density at radius 1 is 1.15 bits per heavy atom. The predicted molar refractivity (Wildman–Crippen MR) is 102 cm³/mol. The van der Waals surface area contributed by atoms with Crippen LogP contribution < -0.4 is 10.2 Å². The van der Waals surface area contributed by atoms with E-state index in [1.54, 1.807) is 7.05 Å². The van der Waals surface area contributed by atoms with Crippen molar-refractivity contribution in [1.82, 2.24) is 4.90 Å². The minimum Gasteiger partial charge on any atom is -0.378 e. The molecule has 6 heteroatoms. The van der Waals surface area contributed by atoms with E-state index < -0.39 is 0 Å². The van der Waals surface area contributed by atoms with Crippen molar-refractivity contribution in [2.24, 2.45) is 5.92 Å². The van der Waals surface area contributed by atoms with Crippen molar-refractivity contribution < 1.29 is 14.3 Å². The highest BCUT2D eigenvalue weighted by Crippen LogP contribution is 2.27. The maximum Gasteiger partial charge on any atom is 0.243 e. The van der Waals surface area contributed by atoms with Crippen LogP contribution in [-0.4, -0.2) is 56.6 Å². The van der Waals surface area contributed by atoms with Crippen molar-refractivity contribution >= 4 is 23.2 Å². The van der Waals surface area contributed by atoms with Gasteiger partial charge in [0.15, 0.2) is 0 Å². The van der Waals surface area contributed by atoms with E-state index in [9.17, 15) is 9.59 Å². The molecular weight excluding hydrogens is 330 g/mol. The van der Waals surface area contributed by atoms with Crippen LogP contribution in [0.4, 0.5) is 11.4 Å². The summed E-state index contributed by atoms with van der Waals surface area (Å²) in [6, 6.07) is 7.83. The molecule has 0 atom stereocenters. The van der Waals surface area contributed by atoms with Gasteiger partial charge in [-0.2, -0.15) is 0 Å². The second kappa shape index (κ2) is 9.03. The molecule has 1 saturated heterocycles. The first-order valence-corrected chi connectivity index (χ1v) is 9.58. The first kappa shape index (κ1) is 18.7. The first-order valence-electron chi connectivity index (χ1n) is 9.58. The number of rotatable bonds is 6. The number of anilines is 2. The number of hydrogen-bond donors (Lipinski definition) is 1. The number of benzene rings is 1. The van der Waals surface area contributed by atoms with Gasteiger partial charge in [0.2, 0.25) is 11.8 Å². The lowest BCUT2D eigenvalue weighted by Gasteiger charge is -2.28. The lowest BCUT2D eigenvalue weighted by molar-refractivity contribution is -0.134. The molecule has 2 fully saturated rings. The molecule has 1 heterocycles. The highest BCUT2D eigenvalue weighted by Gasteiger charge is 2.21. The third kappa shape index (κ3) is 5.21. The molecule has 0 bridgehead atoms. The topological polar surface area (TPSA) is 61.9 Å². The van der Waals surface area contributed by atoms with Gasteiger partial charge in [0.1, 0.15) is 0 Å². The molecule has 1 aromatic rings. The standard InChI is InChI=1S/C20H29N3O3/c1-22(20(25)14-16-4-2-3-5-16)15-19(24)21-17-6-8-18(9-7-17)23-10-12-26-13-11-23/h6-9,16H,2-5,10-15H2,1H3,(H,21,24). The molecule has 3 rings (SSSR count). The van der Waals surface area contributed by atoms with Gasteiger partial charge in [0, 0.05) is 37.9 Å². The predicted octanol–water partition coefficient (Wildman–Crippen LogP) is 2.50. The third-order valence-corrected chi connectivity index (χ3v) is 5.27. The van der Waals surface area contributed by atoms with Crippen LogP contribution >= 0.6 is 0 Å². The van der Waals surface area contributed by atoms with E-state index in [0.717, 1.165) is 50.5 Å². The minimum atomic E-state index is -0.161. The number of nitrogens with one attached hydrogen (secondary N) is 1. The van der Waals surface area contributed by atoms with Gasteiger partial charge in [-0.05, 0) is 43.0 Å². The fourth-order valence-electron chi connectivity index (χ4n) is 3.70. The normalized spacial score (nSPS) is 18.0. The van der Waals surface area contributed by atoms with Crippen molar-refractivity contribution in [2.45, 2.75) is 32.1 Å². The number of amides is 2. The summed E-state index contributed by atoms with van der Waals surface area (Å²) >= 11 is 0.